The molecule has 1 atom stereocenters. The molecule has 3 nitrogen and oxygen atoms in total. The van der Waals surface area contributed by atoms with Crippen LogP contribution in [0.5, 0.6) is 0 Å². The maximum atomic E-state index is 13.1. The van der Waals surface area contributed by atoms with Crippen molar-refractivity contribution < 1.29 is 9.18 Å². The molecule has 1 heterocycles. The van der Waals surface area contributed by atoms with Crippen LogP contribution in [0.3, 0.4) is 0 Å². The molecule has 5 heteroatoms. The summed E-state index contributed by atoms with van der Waals surface area (Å²) in [7, 11) is 1.75. The number of anilines is 1. The minimum absolute atomic E-state index is 0.0653. The van der Waals surface area contributed by atoms with Crippen LogP contribution in [0.25, 0.3) is 0 Å². The number of nitrogens with zero attached hydrogens (tertiary/aromatic N) is 1. The van der Waals surface area contributed by atoms with Gasteiger partial charge in [-0.25, -0.2) is 4.39 Å². The Bertz CT molecular complexity index is 732. The number of amides is 1. The standard InChI is InChI=1S/C16H14ClFN2O/c1-20-14-5-2-9(6-10(14)7-15(20)21)16(19)12-4-3-11(18)8-13(12)17/h2-6,8,16H,7,19H2,1H3. The lowest BCUT2D eigenvalue weighted by Crippen LogP contribution is -2.20. The molecule has 1 unspecified atom stereocenters. The molecule has 0 fully saturated rings. The van der Waals surface area contributed by atoms with Gasteiger partial charge in [0.25, 0.3) is 0 Å². The van der Waals surface area contributed by atoms with Crippen molar-refractivity contribution in [1.82, 2.24) is 0 Å². The van der Waals surface area contributed by atoms with Gasteiger partial charge in [0.2, 0.25) is 5.91 Å². The van der Waals surface area contributed by atoms with E-state index in [-0.39, 0.29) is 5.91 Å². The highest BCUT2D eigenvalue weighted by Crippen LogP contribution is 2.33. The second-order valence-corrected chi connectivity index (χ2v) is 5.57. The zero-order valence-electron chi connectivity index (χ0n) is 11.4. The molecule has 108 valence electrons. The monoisotopic (exact) mass is 304 g/mol. The molecule has 0 saturated heterocycles. The third-order valence-electron chi connectivity index (χ3n) is 3.84. The first-order chi connectivity index (χ1) is 9.97. The number of benzene rings is 2. The molecular formula is C16H14ClFN2O. The number of carbonyl (C=O) groups is 1. The maximum absolute atomic E-state index is 13.1. The van der Waals surface area contributed by atoms with Crippen LogP contribution in [0.15, 0.2) is 36.4 Å². The fourth-order valence-corrected chi connectivity index (χ4v) is 2.90. The normalized spacial score (nSPS) is 15.2. The Labute approximate surface area is 127 Å². The Morgan fingerprint density at radius 1 is 1.29 bits per heavy atom. The molecule has 1 aliphatic heterocycles. The van der Waals surface area contributed by atoms with Gasteiger partial charge in [0, 0.05) is 17.8 Å². The van der Waals surface area contributed by atoms with Crippen LogP contribution in [0.1, 0.15) is 22.7 Å². The van der Waals surface area contributed by atoms with E-state index in [1.54, 1.807) is 18.0 Å². The molecule has 0 saturated carbocycles. The molecule has 0 aliphatic carbocycles. The van der Waals surface area contributed by atoms with Gasteiger partial charge in [-0.2, -0.15) is 0 Å². The molecule has 0 aromatic heterocycles. The van der Waals surface area contributed by atoms with Gasteiger partial charge in [-0.3, -0.25) is 4.79 Å². The van der Waals surface area contributed by atoms with Crippen LogP contribution in [-0.4, -0.2) is 13.0 Å². The number of fused-ring (bicyclic) bond motifs is 1. The first kappa shape index (κ1) is 14.0. The highest BCUT2D eigenvalue weighted by Gasteiger charge is 2.25. The lowest BCUT2D eigenvalue weighted by atomic mass is 9.97. The van der Waals surface area contributed by atoms with Crippen molar-refractivity contribution in [2.75, 3.05) is 11.9 Å². The SMILES string of the molecule is CN1C(=O)Cc2cc(C(N)c3ccc(F)cc3Cl)ccc21. The number of rotatable bonds is 2. The van der Waals surface area contributed by atoms with Crippen molar-refractivity contribution in [2.45, 2.75) is 12.5 Å². The van der Waals surface area contributed by atoms with Crippen molar-refractivity contribution in [3.63, 3.8) is 0 Å². The topological polar surface area (TPSA) is 46.3 Å². The van der Waals surface area contributed by atoms with Gasteiger partial charge in [0.15, 0.2) is 0 Å². The first-order valence-corrected chi connectivity index (χ1v) is 6.95. The van der Waals surface area contributed by atoms with Gasteiger partial charge >= 0.3 is 0 Å². The van der Waals surface area contributed by atoms with E-state index in [9.17, 15) is 9.18 Å². The van der Waals surface area contributed by atoms with E-state index in [1.807, 2.05) is 18.2 Å². The zero-order chi connectivity index (χ0) is 15.1. The summed E-state index contributed by atoms with van der Waals surface area (Å²) in [6.07, 6.45) is 0.379. The van der Waals surface area contributed by atoms with Crippen LogP contribution in [0, 0.1) is 5.82 Å². The van der Waals surface area contributed by atoms with Crippen molar-refractivity contribution in [2.24, 2.45) is 5.73 Å². The molecule has 0 radical (unpaired) electrons. The van der Waals surface area contributed by atoms with Gasteiger partial charge in [-0.05, 0) is 34.9 Å². The molecule has 0 spiro atoms. The van der Waals surface area contributed by atoms with Crippen LogP contribution in [0.4, 0.5) is 10.1 Å². The van der Waals surface area contributed by atoms with E-state index in [4.69, 9.17) is 17.3 Å². The molecule has 2 N–H and O–H groups in total. The molecule has 2 aromatic rings. The van der Waals surface area contributed by atoms with Crippen molar-refractivity contribution >= 4 is 23.2 Å². The smallest absolute Gasteiger partial charge is 0.231 e. The minimum atomic E-state index is -0.454. The van der Waals surface area contributed by atoms with Gasteiger partial charge in [-0.1, -0.05) is 29.8 Å². The molecule has 0 bridgehead atoms. The van der Waals surface area contributed by atoms with Gasteiger partial charge in [0.05, 0.1) is 12.5 Å². The molecule has 21 heavy (non-hydrogen) atoms. The summed E-state index contributed by atoms with van der Waals surface area (Å²) in [6, 6.07) is 9.40. The third kappa shape index (κ3) is 2.41. The highest BCUT2D eigenvalue weighted by atomic mass is 35.5. The van der Waals surface area contributed by atoms with E-state index in [2.05, 4.69) is 0 Å². The second-order valence-electron chi connectivity index (χ2n) is 5.16. The van der Waals surface area contributed by atoms with E-state index < -0.39 is 11.9 Å². The van der Waals surface area contributed by atoms with Crippen molar-refractivity contribution in [1.29, 1.82) is 0 Å². The largest absolute Gasteiger partial charge is 0.320 e. The summed E-state index contributed by atoms with van der Waals surface area (Å²) in [5, 5.41) is 0.302. The summed E-state index contributed by atoms with van der Waals surface area (Å²) < 4.78 is 13.1. The van der Waals surface area contributed by atoms with E-state index in [0.29, 0.717) is 17.0 Å². The van der Waals surface area contributed by atoms with Gasteiger partial charge in [0.1, 0.15) is 5.82 Å². The Balaban J connectivity index is 1.98. The quantitative estimate of drug-likeness (QED) is 0.927. The lowest BCUT2D eigenvalue weighted by Gasteiger charge is -2.16. The third-order valence-corrected chi connectivity index (χ3v) is 4.16. The average Bonchev–Trinajstić information content (AvgIpc) is 2.73. The average molecular weight is 305 g/mol. The number of hydrogen-bond donors (Lipinski definition) is 1. The fraction of sp³-hybridized carbons (Fsp3) is 0.188. The Hall–Kier alpha value is -1.91. The Morgan fingerprint density at radius 2 is 2.05 bits per heavy atom. The summed E-state index contributed by atoms with van der Waals surface area (Å²) in [6.45, 7) is 0. The lowest BCUT2D eigenvalue weighted by molar-refractivity contribution is -0.117. The number of carbonyl (C=O) groups excluding carboxylic acids is 1. The predicted molar refractivity (Wildman–Crippen MR) is 81.0 cm³/mol. The van der Waals surface area contributed by atoms with Gasteiger partial charge in [-0.15, -0.1) is 0 Å². The zero-order valence-corrected chi connectivity index (χ0v) is 12.2. The van der Waals surface area contributed by atoms with Crippen LogP contribution < -0.4 is 10.6 Å². The fourth-order valence-electron chi connectivity index (χ4n) is 2.62. The van der Waals surface area contributed by atoms with Crippen molar-refractivity contribution in [3.05, 3.63) is 63.9 Å². The number of nitrogens with two attached hydrogens (primary N) is 1. The minimum Gasteiger partial charge on any atom is -0.320 e. The van der Waals surface area contributed by atoms with Crippen molar-refractivity contribution in [3.8, 4) is 0 Å². The number of halogens is 2. The number of likely N-dealkylation sites (N-methyl/N-ethyl adjacent to an activating group) is 1. The summed E-state index contributed by atoms with van der Waals surface area (Å²) >= 11 is 6.06. The Kier molecular flexibility index (Phi) is 3.43. The van der Waals surface area contributed by atoms with E-state index >= 15 is 0 Å². The first-order valence-electron chi connectivity index (χ1n) is 6.57. The molecule has 3 rings (SSSR count). The van der Waals surface area contributed by atoms with E-state index in [0.717, 1.165) is 16.8 Å². The highest BCUT2D eigenvalue weighted by molar-refractivity contribution is 6.31. The predicted octanol–water partition coefficient (Wildman–Crippen LogP) is 3.05. The molecule has 1 amide bonds. The van der Waals surface area contributed by atoms with Crippen LogP contribution in [-0.2, 0) is 11.2 Å². The molecular weight excluding hydrogens is 291 g/mol. The number of hydrogen-bond acceptors (Lipinski definition) is 2. The summed E-state index contributed by atoms with van der Waals surface area (Å²) in [5.74, 6) is -0.326. The molecule has 2 aromatic carbocycles. The van der Waals surface area contributed by atoms with Crippen LogP contribution >= 0.6 is 11.6 Å². The van der Waals surface area contributed by atoms with Crippen LogP contribution in [0.2, 0.25) is 5.02 Å². The molecule has 1 aliphatic rings. The Morgan fingerprint density at radius 3 is 2.76 bits per heavy atom. The second kappa shape index (κ2) is 5.13. The summed E-state index contributed by atoms with van der Waals surface area (Å²) in [5.41, 5.74) is 9.60. The van der Waals surface area contributed by atoms with Gasteiger partial charge < -0.3 is 10.6 Å². The maximum Gasteiger partial charge on any atom is 0.231 e. The van der Waals surface area contributed by atoms with E-state index in [1.165, 1.54) is 12.1 Å². The summed E-state index contributed by atoms with van der Waals surface area (Å²) in [4.78, 5) is 13.3.